The zero-order valence-corrected chi connectivity index (χ0v) is 22.1. The number of aliphatic hydroxyl groups is 1. The molecule has 204 valence electrons. The lowest BCUT2D eigenvalue weighted by Gasteiger charge is -2.35. The minimum Gasteiger partial charge on any atom is -0.486 e. The minimum absolute atomic E-state index is 0.00405. The Balaban J connectivity index is 1.91. The van der Waals surface area contributed by atoms with Crippen molar-refractivity contribution >= 4 is 16.1 Å². The van der Waals surface area contributed by atoms with E-state index in [0.29, 0.717) is 44.1 Å². The molecule has 11 heteroatoms. The number of nitrogens with zero attached hydrogens (tertiary/aromatic N) is 1. The van der Waals surface area contributed by atoms with E-state index in [4.69, 9.17) is 15.2 Å². The van der Waals surface area contributed by atoms with Crippen molar-refractivity contribution in [3.8, 4) is 11.5 Å². The van der Waals surface area contributed by atoms with Gasteiger partial charge in [0.2, 0.25) is 10.0 Å². The zero-order chi connectivity index (χ0) is 27.1. The van der Waals surface area contributed by atoms with E-state index in [-0.39, 0.29) is 24.4 Å². The van der Waals surface area contributed by atoms with Crippen molar-refractivity contribution in [1.82, 2.24) is 9.62 Å². The molecular weight excluding hydrogens is 498 g/mol. The number of hydrogen-bond acceptors (Lipinski definition) is 7. The highest BCUT2D eigenvalue weighted by Gasteiger charge is 2.35. The molecule has 2 atom stereocenters. The fraction of sp³-hybridized carbons (Fsp3) is 0.500. The van der Waals surface area contributed by atoms with Crippen molar-refractivity contribution in [1.29, 1.82) is 0 Å². The van der Waals surface area contributed by atoms with Gasteiger partial charge in [-0.2, -0.15) is 4.31 Å². The first kappa shape index (κ1) is 28.7. The van der Waals surface area contributed by atoms with Gasteiger partial charge in [0, 0.05) is 19.2 Å². The molecule has 1 aliphatic rings. The summed E-state index contributed by atoms with van der Waals surface area (Å²) in [5, 5.41) is 22.9. The summed E-state index contributed by atoms with van der Waals surface area (Å²) in [5.74, 6) is 0.804. The predicted octanol–water partition coefficient (Wildman–Crippen LogP) is 2.45. The fourth-order valence-corrected chi connectivity index (χ4v) is 6.03. The van der Waals surface area contributed by atoms with Gasteiger partial charge in [0.25, 0.3) is 0 Å². The minimum atomic E-state index is -4.09. The van der Waals surface area contributed by atoms with E-state index in [2.05, 4.69) is 5.32 Å². The first-order valence-electron chi connectivity index (χ1n) is 12.3. The van der Waals surface area contributed by atoms with Crippen LogP contribution in [0, 0.1) is 5.41 Å². The number of sulfonamides is 1. The Labute approximate surface area is 218 Å². The maximum Gasteiger partial charge on any atom is 0.404 e. The SMILES string of the molecule is CC(C)(CCCN)CN(C[C@@H](O)[C@H](Cc1ccccc1)NC(=O)O)S(=O)(=O)c1ccc2c(c1)OCCO2. The van der Waals surface area contributed by atoms with E-state index in [9.17, 15) is 23.4 Å². The van der Waals surface area contributed by atoms with Gasteiger partial charge in [-0.25, -0.2) is 13.2 Å². The van der Waals surface area contributed by atoms with Crippen molar-refractivity contribution in [2.24, 2.45) is 11.1 Å². The van der Waals surface area contributed by atoms with Gasteiger partial charge in [-0.05, 0) is 48.9 Å². The molecule has 5 N–H and O–H groups in total. The van der Waals surface area contributed by atoms with Crippen LogP contribution in [-0.2, 0) is 16.4 Å². The zero-order valence-electron chi connectivity index (χ0n) is 21.3. The number of nitrogens with one attached hydrogen (secondary N) is 1. The van der Waals surface area contributed by atoms with Crippen LogP contribution in [-0.4, -0.2) is 74.0 Å². The molecule has 2 aromatic carbocycles. The quantitative estimate of drug-likeness (QED) is 0.305. The molecule has 2 aromatic rings. The third-order valence-corrected chi connectivity index (χ3v) is 8.08. The molecule has 0 unspecified atom stereocenters. The third kappa shape index (κ3) is 8.06. The van der Waals surface area contributed by atoms with Gasteiger partial charge in [0.1, 0.15) is 13.2 Å². The fourth-order valence-electron chi connectivity index (χ4n) is 4.36. The van der Waals surface area contributed by atoms with Gasteiger partial charge < -0.3 is 30.7 Å². The Morgan fingerprint density at radius 3 is 2.46 bits per heavy atom. The highest BCUT2D eigenvalue weighted by molar-refractivity contribution is 7.89. The summed E-state index contributed by atoms with van der Waals surface area (Å²) in [6.45, 7) is 4.85. The maximum atomic E-state index is 13.9. The number of rotatable bonds is 13. The normalized spacial score (nSPS) is 15.3. The first-order chi connectivity index (χ1) is 17.5. The van der Waals surface area contributed by atoms with E-state index in [1.54, 1.807) is 6.07 Å². The molecule has 0 bridgehead atoms. The van der Waals surface area contributed by atoms with Crippen LogP contribution in [0.4, 0.5) is 4.79 Å². The van der Waals surface area contributed by atoms with Crippen LogP contribution in [0.5, 0.6) is 11.5 Å². The molecule has 0 saturated carbocycles. The maximum absolute atomic E-state index is 13.9. The van der Waals surface area contributed by atoms with Gasteiger partial charge in [-0.3, -0.25) is 0 Å². The van der Waals surface area contributed by atoms with Crippen LogP contribution in [0.15, 0.2) is 53.4 Å². The van der Waals surface area contributed by atoms with E-state index in [0.717, 1.165) is 5.56 Å². The summed E-state index contributed by atoms with van der Waals surface area (Å²) in [6.07, 6.45) is -1.03. The second kappa shape index (κ2) is 12.6. The Morgan fingerprint density at radius 2 is 1.81 bits per heavy atom. The number of benzene rings is 2. The number of nitrogens with two attached hydrogens (primary N) is 1. The third-order valence-electron chi connectivity index (χ3n) is 6.28. The molecule has 0 fully saturated rings. The van der Waals surface area contributed by atoms with Crippen molar-refractivity contribution in [2.75, 3.05) is 32.8 Å². The van der Waals surface area contributed by atoms with Crippen LogP contribution < -0.4 is 20.5 Å². The molecule has 37 heavy (non-hydrogen) atoms. The highest BCUT2D eigenvalue weighted by Crippen LogP contribution is 2.34. The summed E-state index contributed by atoms with van der Waals surface area (Å²) in [5.41, 5.74) is 6.05. The Kier molecular flexibility index (Phi) is 9.77. The molecule has 0 radical (unpaired) electrons. The summed E-state index contributed by atoms with van der Waals surface area (Å²) in [4.78, 5) is 11.5. The molecule has 0 aromatic heterocycles. The molecule has 3 rings (SSSR count). The standard InChI is InChI=1S/C26H37N3O7S/c1-26(2,11-6-12-27)18-29(37(33,34)20-9-10-23-24(16-20)36-14-13-35-23)17-22(30)21(28-25(31)32)15-19-7-4-3-5-8-19/h3-5,7-10,16,21-22,28,30H,6,11-15,17-18,27H2,1-2H3,(H,31,32)/t21-,22+/m0/s1. The molecular formula is C26H37N3O7S. The number of aliphatic hydroxyl groups excluding tert-OH is 1. The second-order valence-corrected chi connectivity index (χ2v) is 11.9. The number of hydrogen-bond donors (Lipinski definition) is 4. The summed E-state index contributed by atoms with van der Waals surface area (Å²) in [6, 6.07) is 12.6. The molecule has 1 aliphatic heterocycles. The number of amides is 1. The van der Waals surface area contributed by atoms with Crippen LogP contribution >= 0.6 is 0 Å². The largest absolute Gasteiger partial charge is 0.486 e. The van der Waals surface area contributed by atoms with Crippen LogP contribution in [0.25, 0.3) is 0 Å². The second-order valence-electron chi connectivity index (χ2n) is 9.97. The topological polar surface area (TPSA) is 151 Å². The molecule has 0 saturated heterocycles. The number of ether oxygens (including phenoxy) is 2. The van der Waals surface area contributed by atoms with E-state index >= 15 is 0 Å². The van der Waals surface area contributed by atoms with Crippen molar-refractivity contribution in [2.45, 2.75) is 50.2 Å². The van der Waals surface area contributed by atoms with Gasteiger partial charge in [-0.1, -0.05) is 44.2 Å². The molecule has 0 spiro atoms. The van der Waals surface area contributed by atoms with Gasteiger partial charge in [-0.15, -0.1) is 0 Å². The predicted molar refractivity (Wildman–Crippen MR) is 139 cm³/mol. The lowest BCUT2D eigenvalue weighted by molar-refractivity contribution is 0.0904. The van der Waals surface area contributed by atoms with Crippen LogP contribution in [0.3, 0.4) is 0 Å². The van der Waals surface area contributed by atoms with Crippen molar-refractivity contribution < 1.29 is 32.9 Å². The van der Waals surface area contributed by atoms with E-state index in [1.165, 1.54) is 16.4 Å². The van der Waals surface area contributed by atoms with E-state index in [1.807, 2.05) is 44.2 Å². The van der Waals surface area contributed by atoms with Crippen molar-refractivity contribution in [3.05, 3.63) is 54.1 Å². The Bertz CT molecular complexity index is 1140. The van der Waals surface area contributed by atoms with Crippen LogP contribution in [0.2, 0.25) is 0 Å². The number of carboxylic acid groups (broad SMARTS) is 1. The van der Waals surface area contributed by atoms with Gasteiger partial charge in [0.15, 0.2) is 11.5 Å². The Morgan fingerprint density at radius 1 is 1.14 bits per heavy atom. The lowest BCUT2D eigenvalue weighted by atomic mass is 9.87. The highest BCUT2D eigenvalue weighted by atomic mass is 32.2. The van der Waals surface area contributed by atoms with Crippen LogP contribution in [0.1, 0.15) is 32.3 Å². The summed E-state index contributed by atoms with van der Waals surface area (Å²) < 4.78 is 40.0. The first-order valence-corrected chi connectivity index (χ1v) is 13.8. The molecule has 0 aliphatic carbocycles. The van der Waals surface area contributed by atoms with Gasteiger partial charge in [0.05, 0.1) is 17.0 Å². The molecule has 1 heterocycles. The average molecular weight is 536 g/mol. The molecule has 10 nitrogen and oxygen atoms in total. The Hall–Kier alpha value is -2.86. The smallest absolute Gasteiger partial charge is 0.404 e. The molecule has 1 amide bonds. The number of carbonyl (C=O) groups is 1. The monoisotopic (exact) mass is 535 g/mol. The number of fused-ring (bicyclic) bond motifs is 1. The average Bonchev–Trinajstić information content (AvgIpc) is 2.86. The van der Waals surface area contributed by atoms with Crippen molar-refractivity contribution in [3.63, 3.8) is 0 Å². The summed E-state index contributed by atoms with van der Waals surface area (Å²) in [7, 11) is -4.09. The lowest BCUT2D eigenvalue weighted by Crippen LogP contribution is -2.51. The summed E-state index contributed by atoms with van der Waals surface area (Å²) >= 11 is 0. The van der Waals surface area contributed by atoms with E-state index < -0.39 is 33.7 Å². The van der Waals surface area contributed by atoms with Gasteiger partial charge >= 0.3 is 6.09 Å².